The predicted octanol–water partition coefficient (Wildman–Crippen LogP) is 6.42. The lowest BCUT2D eigenvalue weighted by molar-refractivity contribution is 0.898. The highest BCUT2D eigenvalue weighted by Crippen LogP contribution is 2.36. The quantitative estimate of drug-likeness (QED) is 0.273. The largest absolute Gasteiger partial charge is 0.382 e. The number of aromatic amines is 2. The molecule has 34 heavy (non-hydrogen) atoms. The van der Waals surface area contributed by atoms with E-state index in [-0.39, 0.29) is 0 Å². The number of thiophene rings is 1. The fraction of sp³-hybridized carbons (Fsp3) is 0.154. The van der Waals surface area contributed by atoms with Gasteiger partial charge in [0, 0.05) is 50.9 Å². The summed E-state index contributed by atoms with van der Waals surface area (Å²) in [5.74, 6) is 0. The van der Waals surface area contributed by atoms with Crippen LogP contribution in [0.4, 0.5) is 5.69 Å². The minimum atomic E-state index is 0.326. The molecule has 0 unspecified atom stereocenters. The molecule has 6 rings (SSSR count). The van der Waals surface area contributed by atoms with Crippen LogP contribution in [0.25, 0.3) is 55.0 Å². The van der Waals surface area contributed by atoms with E-state index in [1.165, 1.54) is 9.75 Å². The van der Waals surface area contributed by atoms with Gasteiger partial charge in [-0.25, -0.2) is 4.98 Å². The molecular weight excluding hydrogens is 442 g/mol. The van der Waals surface area contributed by atoms with Crippen LogP contribution < -0.4 is 5.32 Å². The summed E-state index contributed by atoms with van der Waals surface area (Å²) in [4.78, 5) is 19.8. The molecule has 0 saturated heterocycles. The van der Waals surface area contributed by atoms with Crippen molar-refractivity contribution >= 4 is 39.0 Å². The molecule has 6 aromatic rings. The Morgan fingerprint density at radius 3 is 2.65 bits per heavy atom. The maximum Gasteiger partial charge on any atom is 0.135 e. The third-order valence-corrected chi connectivity index (χ3v) is 6.74. The van der Waals surface area contributed by atoms with Crippen LogP contribution in [0.15, 0.2) is 61.2 Å². The summed E-state index contributed by atoms with van der Waals surface area (Å²) in [6, 6.07) is 12.8. The molecular formula is C26H23N7S. The van der Waals surface area contributed by atoms with Gasteiger partial charge < -0.3 is 10.3 Å². The topological polar surface area (TPSA) is 95.2 Å². The Bertz CT molecular complexity index is 1640. The molecule has 0 aromatic carbocycles. The van der Waals surface area contributed by atoms with Gasteiger partial charge in [-0.3, -0.25) is 15.1 Å². The van der Waals surface area contributed by atoms with Crippen molar-refractivity contribution in [3.63, 3.8) is 0 Å². The highest BCUT2D eigenvalue weighted by Gasteiger charge is 2.16. The summed E-state index contributed by atoms with van der Waals surface area (Å²) >= 11 is 1.77. The molecule has 0 atom stereocenters. The third kappa shape index (κ3) is 3.62. The average molecular weight is 466 g/mol. The minimum absolute atomic E-state index is 0.326. The van der Waals surface area contributed by atoms with Gasteiger partial charge in [-0.1, -0.05) is 0 Å². The molecule has 0 aliphatic carbocycles. The summed E-state index contributed by atoms with van der Waals surface area (Å²) in [5, 5.41) is 12.2. The molecule has 8 heteroatoms. The number of aromatic nitrogens is 6. The molecule has 0 amide bonds. The van der Waals surface area contributed by atoms with Crippen LogP contribution in [-0.4, -0.2) is 36.2 Å². The standard InChI is InChI=1S/C26H23N7S/c1-14(2)29-17-8-16(10-27-11-17)20-5-6-21-25(31-20)26(33-32-21)22-9-18-19(12-28-13-23(18)30-22)24-7-4-15(3)34-24/h4-14,29-30H,1-3H3,(H,32,33). The number of rotatable bonds is 5. The van der Waals surface area contributed by atoms with Gasteiger partial charge in [0.05, 0.1) is 34.3 Å². The van der Waals surface area contributed by atoms with Crippen LogP contribution in [-0.2, 0) is 0 Å². The van der Waals surface area contributed by atoms with Crippen molar-refractivity contribution in [2.75, 3.05) is 5.32 Å². The molecule has 7 nitrogen and oxygen atoms in total. The van der Waals surface area contributed by atoms with Crippen LogP contribution in [0.3, 0.4) is 0 Å². The maximum atomic E-state index is 4.96. The van der Waals surface area contributed by atoms with E-state index in [4.69, 9.17) is 4.98 Å². The van der Waals surface area contributed by atoms with Crippen molar-refractivity contribution in [3.8, 4) is 33.1 Å². The highest BCUT2D eigenvalue weighted by molar-refractivity contribution is 7.15. The fourth-order valence-corrected chi connectivity index (χ4v) is 5.09. The van der Waals surface area contributed by atoms with E-state index in [9.17, 15) is 0 Å². The highest BCUT2D eigenvalue weighted by atomic mass is 32.1. The van der Waals surface area contributed by atoms with Crippen LogP contribution >= 0.6 is 11.3 Å². The van der Waals surface area contributed by atoms with Crippen molar-refractivity contribution in [1.82, 2.24) is 30.1 Å². The zero-order valence-corrected chi connectivity index (χ0v) is 19.9. The Morgan fingerprint density at radius 2 is 1.82 bits per heavy atom. The number of nitrogens with one attached hydrogen (secondary N) is 3. The molecule has 0 bridgehead atoms. The van der Waals surface area contributed by atoms with Crippen molar-refractivity contribution in [2.45, 2.75) is 26.8 Å². The van der Waals surface area contributed by atoms with Crippen molar-refractivity contribution in [2.24, 2.45) is 0 Å². The van der Waals surface area contributed by atoms with E-state index in [1.807, 2.05) is 36.9 Å². The first-order valence-electron chi connectivity index (χ1n) is 11.2. The summed E-state index contributed by atoms with van der Waals surface area (Å²) < 4.78 is 0. The zero-order chi connectivity index (χ0) is 23.2. The number of hydrogen-bond acceptors (Lipinski definition) is 6. The number of pyridine rings is 3. The molecule has 0 aliphatic heterocycles. The van der Waals surface area contributed by atoms with Gasteiger partial charge in [-0.15, -0.1) is 11.3 Å². The van der Waals surface area contributed by atoms with Crippen molar-refractivity contribution in [3.05, 3.63) is 66.1 Å². The monoisotopic (exact) mass is 465 g/mol. The second-order valence-corrected chi connectivity index (χ2v) is 9.96. The smallest absolute Gasteiger partial charge is 0.135 e. The van der Waals surface area contributed by atoms with Crippen LogP contribution in [0.2, 0.25) is 0 Å². The number of hydrogen-bond donors (Lipinski definition) is 3. The molecule has 0 fully saturated rings. The lowest BCUT2D eigenvalue weighted by Gasteiger charge is -2.10. The Labute approximate surface area is 200 Å². The molecule has 0 aliphatic rings. The van der Waals surface area contributed by atoms with Crippen molar-refractivity contribution in [1.29, 1.82) is 0 Å². The molecule has 6 heterocycles. The molecule has 0 spiro atoms. The van der Waals surface area contributed by atoms with E-state index in [2.05, 4.69) is 75.5 Å². The van der Waals surface area contributed by atoms with E-state index in [0.29, 0.717) is 6.04 Å². The van der Waals surface area contributed by atoms with E-state index in [0.717, 1.165) is 55.8 Å². The summed E-state index contributed by atoms with van der Waals surface area (Å²) in [5.41, 5.74) is 8.25. The van der Waals surface area contributed by atoms with E-state index < -0.39 is 0 Å². The van der Waals surface area contributed by atoms with Crippen molar-refractivity contribution < 1.29 is 0 Å². The number of nitrogens with zero attached hydrogens (tertiary/aromatic N) is 4. The summed E-state index contributed by atoms with van der Waals surface area (Å²) in [6.07, 6.45) is 7.45. The number of fused-ring (bicyclic) bond motifs is 2. The van der Waals surface area contributed by atoms with Gasteiger partial charge in [-0.2, -0.15) is 5.10 Å². The SMILES string of the molecule is Cc1ccc(-c2cncc3[nH]c(-c4n[nH]c5ccc(-c6cncc(NC(C)C)c6)nc45)cc23)s1. The van der Waals surface area contributed by atoms with Crippen LogP contribution in [0.5, 0.6) is 0 Å². The van der Waals surface area contributed by atoms with Gasteiger partial charge in [0.15, 0.2) is 0 Å². The Balaban J connectivity index is 1.45. The molecule has 3 N–H and O–H groups in total. The second kappa shape index (κ2) is 8.07. The van der Waals surface area contributed by atoms with Gasteiger partial charge >= 0.3 is 0 Å². The summed E-state index contributed by atoms with van der Waals surface area (Å²) in [6.45, 7) is 6.33. The van der Waals surface area contributed by atoms with Gasteiger partial charge in [0.1, 0.15) is 11.2 Å². The number of aryl methyl sites for hydroxylation is 1. The lowest BCUT2D eigenvalue weighted by atomic mass is 10.1. The Kier molecular flexibility index (Phi) is 4.88. The number of anilines is 1. The van der Waals surface area contributed by atoms with Gasteiger partial charge in [0.2, 0.25) is 0 Å². The Hall–Kier alpha value is -4.04. The summed E-state index contributed by atoms with van der Waals surface area (Å²) in [7, 11) is 0. The van der Waals surface area contributed by atoms with Crippen LogP contribution in [0, 0.1) is 6.92 Å². The zero-order valence-electron chi connectivity index (χ0n) is 19.0. The Morgan fingerprint density at radius 1 is 0.941 bits per heavy atom. The number of H-pyrrole nitrogens is 2. The average Bonchev–Trinajstić information content (AvgIpc) is 3.55. The predicted molar refractivity (Wildman–Crippen MR) is 139 cm³/mol. The first kappa shape index (κ1) is 20.6. The normalized spacial score (nSPS) is 11.6. The first-order chi connectivity index (χ1) is 16.5. The minimum Gasteiger partial charge on any atom is -0.382 e. The molecule has 0 radical (unpaired) electrons. The molecule has 168 valence electrons. The first-order valence-corrected chi connectivity index (χ1v) is 12.0. The molecule has 6 aromatic heterocycles. The van der Waals surface area contributed by atoms with Crippen LogP contribution in [0.1, 0.15) is 18.7 Å². The second-order valence-electron chi connectivity index (χ2n) is 8.67. The third-order valence-electron chi connectivity index (χ3n) is 5.70. The lowest BCUT2D eigenvalue weighted by Crippen LogP contribution is -2.09. The maximum absolute atomic E-state index is 4.96. The van der Waals surface area contributed by atoms with Gasteiger partial charge in [-0.05, 0) is 57.2 Å². The van der Waals surface area contributed by atoms with Gasteiger partial charge in [0.25, 0.3) is 0 Å². The fourth-order valence-electron chi connectivity index (χ4n) is 4.19. The molecule has 0 saturated carbocycles. The van der Waals surface area contributed by atoms with E-state index >= 15 is 0 Å². The van der Waals surface area contributed by atoms with E-state index in [1.54, 1.807) is 11.3 Å².